The summed E-state index contributed by atoms with van der Waals surface area (Å²) in [5.74, 6) is 0. The van der Waals surface area contributed by atoms with E-state index in [9.17, 15) is 9.00 Å². The normalized spacial score (nSPS) is 19.3. The van der Waals surface area contributed by atoms with E-state index in [1.807, 2.05) is 57.2 Å². The van der Waals surface area contributed by atoms with Crippen LogP contribution in [-0.4, -0.2) is 49.1 Å². The summed E-state index contributed by atoms with van der Waals surface area (Å²) in [4.78, 5) is 13.2. The van der Waals surface area contributed by atoms with Gasteiger partial charge in [-0.15, -0.1) is 0 Å². The van der Waals surface area contributed by atoms with Crippen molar-refractivity contribution in [2.24, 2.45) is 0 Å². The first-order valence-corrected chi connectivity index (χ1v) is 21.3. The fraction of sp³-hybridized carbons (Fsp3) is 0.667. The molecule has 0 bridgehead atoms. The second-order valence-corrected chi connectivity index (χ2v) is 20.4. The Hall–Kier alpha value is -2.04. The van der Waals surface area contributed by atoms with Gasteiger partial charge in [-0.1, -0.05) is 165 Å². The van der Waals surface area contributed by atoms with Crippen LogP contribution in [0.5, 0.6) is 0 Å². The Kier molecular flexibility index (Phi) is 16.8. The van der Waals surface area contributed by atoms with E-state index < -0.39 is 49.6 Å². The standard InChI is InChI=1S/C39H63NO6SSi/c1-8-9-10-11-12-13-14-15-16-17-18-25-30-35-36(46-47(42)45-35)34(40-37(41)44-38(2,3)4)31-43-48(39(5,6)7,32-26-21-19-22-27-32)33-28-23-20-24-29-33/h19-24,26-29,34-36H,8-18,25,30-31H2,1-7H3,(H,40,41)/t34-,35+,36-,47?/m0/s1. The largest absolute Gasteiger partial charge is 0.444 e. The monoisotopic (exact) mass is 701 g/mol. The molecule has 1 unspecified atom stereocenters. The second-order valence-electron chi connectivity index (χ2n) is 15.3. The first-order chi connectivity index (χ1) is 22.9. The summed E-state index contributed by atoms with van der Waals surface area (Å²) in [6.45, 7) is 14.6. The van der Waals surface area contributed by atoms with Crippen molar-refractivity contribution in [1.82, 2.24) is 5.32 Å². The molecule has 1 heterocycles. The molecule has 48 heavy (non-hydrogen) atoms. The molecule has 0 aliphatic carbocycles. The molecular weight excluding hydrogens is 639 g/mol. The zero-order valence-corrected chi connectivity index (χ0v) is 32.6. The van der Waals surface area contributed by atoms with Gasteiger partial charge in [-0.2, -0.15) is 4.21 Å². The van der Waals surface area contributed by atoms with Crippen LogP contribution >= 0.6 is 0 Å². The van der Waals surface area contributed by atoms with Crippen LogP contribution in [0.3, 0.4) is 0 Å². The number of carbonyl (C=O) groups excluding carboxylic acids is 1. The number of ether oxygens (including phenoxy) is 1. The Morgan fingerprint density at radius 1 is 0.771 bits per heavy atom. The van der Waals surface area contributed by atoms with Crippen LogP contribution in [0, 0.1) is 0 Å². The van der Waals surface area contributed by atoms with Gasteiger partial charge in [0.15, 0.2) is 0 Å². The average molecular weight is 702 g/mol. The minimum Gasteiger partial charge on any atom is -0.444 e. The zero-order valence-electron chi connectivity index (χ0n) is 30.8. The predicted molar refractivity (Wildman–Crippen MR) is 200 cm³/mol. The van der Waals surface area contributed by atoms with E-state index in [1.54, 1.807) is 0 Å². The lowest BCUT2D eigenvalue weighted by Gasteiger charge is -2.44. The fourth-order valence-electron chi connectivity index (χ4n) is 6.71. The predicted octanol–water partition coefficient (Wildman–Crippen LogP) is 8.91. The van der Waals surface area contributed by atoms with Crippen molar-refractivity contribution >= 4 is 36.1 Å². The van der Waals surface area contributed by atoms with Crippen molar-refractivity contribution in [1.29, 1.82) is 0 Å². The van der Waals surface area contributed by atoms with E-state index in [0.29, 0.717) is 6.42 Å². The summed E-state index contributed by atoms with van der Waals surface area (Å²) in [6, 6.07) is 20.1. The molecule has 2 aromatic rings. The quantitative estimate of drug-likeness (QED) is 0.110. The lowest BCUT2D eigenvalue weighted by Crippen LogP contribution is -2.68. The molecular formula is C39H63NO6SSi. The highest BCUT2D eigenvalue weighted by Crippen LogP contribution is 2.37. The van der Waals surface area contributed by atoms with Crippen LogP contribution in [-0.2, 0) is 28.9 Å². The second kappa shape index (κ2) is 20.0. The van der Waals surface area contributed by atoms with Crippen LogP contribution in [0.4, 0.5) is 4.79 Å². The molecule has 9 heteroatoms. The number of benzene rings is 2. The van der Waals surface area contributed by atoms with Crippen LogP contribution < -0.4 is 15.7 Å². The van der Waals surface area contributed by atoms with Crippen molar-refractivity contribution in [3.05, 3.63) is 60.7 Å². The molecule has 0 aromatic heterocycles. The van der Waals surface area contributed by atoms with E-state index in [-0.39, 0.29) is 11.6 Å². The summed E-state index contributed by atoms with van der Waals surface area (Å²) >= 11 is -1.90. The van der Waals surface area contributed by atoms with E-state index in [2.05, 4.69) is 57.3 Å². The summed E-state index contributed by atoms with van der Waals surface area (Å²) < 4.78 is 37.3. The minimum absolute atomic E-state index is 0.146. The highest BCUT2D eigenvalue weighted by molar-refractivity contribution is 7.75. The molecule has 2 aromatic carbocycles. The molecule has 1 saturated heterocycles. The van der Waals surface area contributed by atoms with Gasteiger partial charge < -0.3 is 14.5 Å². The van der Waals surface area contributed by atoms with Gasteiger partial charge in [0.1, 0.15) is 17.8 Å². The topological polar surface area (TPSA) is 83.1 Å². The van der Waals surface area contributed by atoms with E-state index >= 15 is 0 Å². The maximum atomic E-state index is 13.2. The van der Waals surface area contributed by atoms with Gasteiger partial charge in [0, 0.05) is 0 Å². The van der Waals surface area contributed by atoms with Crippen LogP contribution in [0.15, 0.2) is 60.7 Å². The van der Waals surface area contributed by atoms with Crippen molar-refractivity contribution in [2.75, 3.05) is 6.61 Å². The Labute approximate surface area is 295 Å². The molecule has 0 saturated carbocycles. The van der Waals surface area contributed by atoms with Gasteiger partial charge in [0.25, 0.3) is 8.32 Å². The number of alkyl carbamates (subject to hydrolysis) is 1. The number of hydrogen-bond donors (Lipinski definition) is 1. The molecule has 1 fully saturated rings. The third kappa shape index (κ3) is 12.7. The van der Waals surface area contributed by atoms with Gasteiger partial charge in [0.05, 0.1) is 12.6 Å². The zero-order chi connectivity index (χ0) is 35.0. The number of nitrogens with one attached hydrogen (secondary N) is 1. The molecule has 1 aliphatic heterocycles. The van der Waals surface area contributed by atoms with Crippen molar-refractivity contribution in [2.45, 2.75) is 161 Å². The molecule has 0 radical (unpaired) electrons. The molecule has 1 amide bonds. The Morgan fingerprint density at radius 3 is 1.71 bits per heavy atom. The summed E-state index contributed by atoms with van der Waals surface area (Å²) in [7, 11) is -2.92. The number of amides is 1. The molecule has 3 rings (SSSR count). The molecule has 1 N–H and O–H groups in total. The van der Waals surface area contributed by atoms with Gasteiger partial charge in [0.2, 0.25) is 0 Å². The first-order valence-electron chi connectivity index (χ1n) is 18.4. The van der Waals surface area contributed by atoms with E-state index in [0.717, 1.165) is 23.2 Å². The van der Waals surface area contributed by atoms with Crippen molar-refractivity contribution in [3.8, 4) is 0 Å². The van der Waals surface area contributed by atoms with E-state index in [4.69, 9.17) is 17.5 Å². The van der Waals surface area contributed by atoms with Gasteiger partial charge in [-0.25, -0.2) is 4.79 Å². The molecule has 7 nitrogen and oxygen atoms in total. The number of hydrogen-bond acceptors (Lipinski definition) is 6. The Balaban J connectivity index is 1.73. The Morgan fingerprint density at radius 2 is 1.25 bits per heavy atom. The Bertz CT molecular complexity index is 1180. The number of carbonyl (C=O) groups is 1. The number of unbranched alkanes of at least 4 members (excludes halogenated alkanes) is 11. The van der Waals surface area contributed by atoms with E-state index in [1.165, 1.54) is 64.2 Å². The molecule has 270 valence electrons. The van der Waals surface area contributed by atoms with Crippen molar-refractivity contribution < 1.29 is 26.5 Å². The maximum absolute atomic E-state index is 13.2. The van der Waals surface area contributed by atoms with Crippen molar-refractivity contribution in [3.63, 3.8) is 0 Å². The minimum atomic E-state index is -2.92. The van der Waals surface area contributed by atoms with Gasteiger partial charge >= 0.3 is 17.5 Å². The first kappa shape index (κ1) is 40.4. The fourth-order valence-corrected chi connectivity index (χ4v) is 12.2. The number of rotatable bonds is 20. The van der Waals surface area contributed by atoms with Crippen LogP contribution in [0.25, 0.3) is 0 Å². The third-order valence-electron chi connectivity index (χ3n) is 9.10. The average Bonchev–Trinajstić information content (AvgIpc) is 3.40. The molecule has 0 spiro atoms. The summed E-state index contributed by atoms with van der Waals surface area (Å²) in [5, 5.41) is 5.06. The highest BCUT2D eigenvalue weighted by atomic mass is 32.2. The van der Waals surface area contributed by atoms with Gasteiger partial charge in [-0.05, 0) is 42.6 Å². The summed E-state index contributed by atoms with van der Waals surface area (Å²) in [5.41, 5.74) is -0.683. The lowest BCUT2D eigenvalue weighted by molar-refractivity contribution is 0.0352. The summed E-state index contributed by atoms with van der Waals surface area (Å²) in [6.07, 6.45) is 14.2. The maximum Gasteiger partial charge on any atom is 0.408 e. The molecule has 1 aliphatic rings. The van der Waals surface area contributed by atoms with Crippen LogP contribution in [0.1, 0.15) is 132 Å². The smallest absolute Gasteiger partial charge is 0.408 e. The van der Waals surface area contributed by atoms with Gasteiger partial charge in [-0.3, -0.25) is 8.37 Å². The highest BCUT2D eigenvalue weighted by Gasteiger charge is 2.51. The third-order valence-corrected chi connectivity index (χ3v) is 14.9. The lowest BCUT2D eigenvalue weighted by atomic mass is 9.99. The van der Waals surface area contributed by atoms with Crippen LogP contribution in [0.2, 0.25) is 5.04 Å². The molecule has 4 atom stereocenters. The SMILES string of the molecule is CCCCCCCCCCCCCC[C@H]1OS(=O)O[C@H]1[C@H](CO[Si](c1ccccc1)(c1ccccc1)C(C)(C)C)NC(=O)OC(C)(C)C.